The first-order valence-corrected chi connectivity index (χ1v) is 7.86. The lowest BCUT2D eigenvalue weighted by Gasteiger charge is -2.38. The Morgan fingerprint density at radius 2 is 1.82 bits per heavy atom. The zero-order valence-corrected chi connectivity index (χ0v) is 13.3. The SMILES string of the molecule is CC(=O)Nc1ccc(CN(C(C)=O)C2CCCCC2N)cc1. The largest absolute Gasteiger partial charge is 0.334 e. The number of nitrogens with zero attached hydrogens (tertiary/aromatic N) is 1. The highest BCUT2D eigenvalue weighted by atomic mass is 16.2. The minimum Gasteiger partial charge on any atom is -0.334 e. The minimum absolute atomic E-state index is 0.0632. The van der Waals surface area contributed by atoms with Crippen LogP contribution < -0.4 is 11.1 Å². The highest BCUT2D eigenvalue weighted by molar-refractivity contribution is 5.88. The summed E-state index contributed by atoms with van der Waals surface area (Å²) in [6.07, 6.45) is 4.24. The van der Waals surface area contributed by atoms with Crippen molar-refractivity contribution >= 4 is 17.5 Å². The van der Waals surface area contributed by atoms with Crippen molar-refractivity contribution in [3.8, 4) is 0 Å². The molecule has 5 nitrogen and oxygen atoms in total. The molecule has 0 aliphatic heterocycles. The number of hydrogen-bond acceptors (Lipinski definition) is 3. The van der Waals surface area contributed by atoms with E-state index in [0.29, 0.717) is 6.54 Å². The third-order valence-corrected chi connectivity index (χ3v) is 4.21. The summed E-state index contributed by atoms with van der Waals surface area (Å²) < 4.78 is 0. The third-order valence-electron chi connectivity index (χ3n) is 4.21. The number of benzene rings is 1. The van der Waals surface area contributed by atoms with Gasteiger partial charge in [0.2, 0.25) is 11.8 Å². The van der Waals surface area contributed by atoms with Gasteiger partial charge in [0.25, 0.3) is 0 Å². The van der Waals surface area contributed by atoms with Gasteiger partial charge in [-0.1, -0.05) is 25.0 Å². The maximum Gasteiger partial charge on any atom is 0.221 e. The Kier molecular flexibility index (Phi) is 5.55. The molecule has 0 bridgehead atoms. The van der Waals surface area contributed by atoms with Gasteiger partial charge in [0.1, 0.15) is 0 Å². The van der Waals surface area contributed by atoms with Gasteiger partial charge in [0, 0.05) is 38.2 Å². The molecule has 1 saturated carbocycles. The monoisotopic (exact) mass is 303 g/mol. The summed E-state index contributed by atoms with van der Waals surface area (Å²) in [5.41, 5.74) is 8.02. The summed E-state index contributed by atoms with van der Waals surface area (Å²) in [5, 5.41) is 2.74. The Morgan fingerprint density at radius 3 is 2.36 bits per heavy atom. The maximum atomic E-state index is 12.0. The zero-order chi connectivity index (χ0) is 16.1. The van der Waals surface area contributed by atoms with Gasteiger partial charge in [0.05, 0.1) is 0 Å². The molecular formula is C17H25N3O2. The van der Waals surface area contributed by atoms with E-state index in [2.05, 4.69) is 5.32 Å². The molecule has 22 heavy (non-hydrogen) atoms. The van der Waals surface area contributed by atoms with Crippen LogP contribution >= 0.6 is 0 Å². The summed E-state index contributed by atoms with van der Waals surface area (Å²) in [5.74, 6) is -0.0282. The lowest BCUT2D eigenvalue weighted by atomic mass is 9.89. The molecule has 120 valence electrons. The molecule has 2 unspecified atom stereocenters. The Hall–Kier alpha value is -1.88. The van der Waals surface area contributed by atoms with Crippen LogP contribution in [0.15, 0.2) is 24.3 Å². The first-order valence-electron chi connectivity index (χ1n) is 7.86. The van der Waals surface area contributed by atoms with Crippen molar-refractivity contribution in [3.63, 3.8) is 0 Å². The molecule has 3 N–H and O–H groups in total. The fourth-order valence-corrected chi connectivity index (χ4v) is 3.08. The van der Waals surface area contributed by atoms with Crippen molar-refractivity contribution in [2.75, 3.05) is 5.32 Å². The molecule has 0 saturated heterocycles. The van der Waals surface area contributed by atoms with Crippen molar-refractivity contribution in [1.82, 2.24) is 4.90 Å². The van der Waals surface area contributed by atoms with Gasteiger partial charge in [-0.05, 0) is 30.5 Å². The highest BCUT2D eigenvalue weighted by Crippen LogP contribution is 2.24. The van der Waals surface area contributed by atoms with Crippen LogP contribution in [0.5, 0.6) is 0 Å². The highest BCUT2D eigenvalue weighted by Gasteiger charge is 2.29. The van der Waals surface area contributed by atoms with Crippen LogP contribution in [0, 0.1) is 0 Å². The molecule has 2 rings (SSSR count). The van der Waals surface area contributed by atoms with Gasteiger partial charge in [0.15, 0.2) is 0 Å². The topological polar surface area (TPSA) is 75.4 Å². The van der Waals surface area contributed by atoms with Crippen LogP contribution in [0.4, 0.5) is 5.69 Å². The van der Waals surface area contributed by atoms with E-state index in [4.69, 9.17) is 5.73 Å². The smallest absolute Gasteiger partial charge is 0.221 e. The second-order valence-corrected chi connectivity index (χ2v) is 6.04. The molecule has 2 amide bonds. The summed E-state index contributed by atoms with van der Waals surface area (Å²) in [6, 6.07) is 7.79. The first kappa shape index (κ1) is 16.5. The fourth-order valence-electron chi connectivity index (χ4n) is 3.08. The van der Waals surface area contributed by atoms with Crippen LogP contribution in [0.3, 0.4) is 0 Å². The molecule has 1 aliphatic carbocycles. The Labute approximate surface area is 131 Å². The average Bonchev–Trinajstić information content (AvgIpc) is 2.46. The van der Waals surface area contributed by atoms with Crippen LogP contribution in [0.1, 0.15) is 45.1 Å². The van der Waals surface area contributed by atoms with Gasteiger partial charge in [-0.15, -0.1) is 0 Å². The fraction of sp³-hybridized carbons (Fsp3) is 0.529. The Bertz CT molecular complexity index is 527. The van der Waals surface area contributed by atoms with E-state index in [1.165, 1.54) is 6.92 Å². The van der Waals surface area contributed by atoms with Gasteiger partial charge < -0.3 is 16.0 Å². The van der Waals surface area contributed by atoms with Gasteiger partial charge >= 0.3 is 0 Å². The molecule has 1 aromatic carbocycles. The van der Waals surface area contributed by atoms with E-state index in [-0.39, 0.29) is 23.9 Å². The third kappa shape index (κ3) is 4.31. The summed E-state index contributed by atoms with van der Waals surface area (Å²) in [7, 11) is 0. The molecule has 2 atom stereocenters. The number of carbonyl (C=O) groups is 2. The van der Waals surface area contributed by atoms with Gasteiger partial charge in [-0.3, -0.25) is 9.59 Å². The minimum atomic E-state index is -0.0914. The Morgan fingerprint density at radius 1 is 1.18 bits per heavy atom. The molecule has 0 heterocycles. The lowest BCUT2D eigenvalue weighted by molar-refractivity contribution is -0.133. The van der Waals surface area contributed by atoms with Crippen LogP contribution in [-0.4, -0.2) is 28.8 Å². The summed E-state index contributed by atoms with van der Waals surface area (Å²) in [6.45, 7) is 3.65. The summed E-state index contributed by atoms with van der Waals surface area (Å²) in [4.78, 5) is 24.9. The number of hydrogen-bond donors (Lipinski definition) is 2. The van der Waals surface area contributed by atoms with Crippen molar-refractivity contribution in [2.24, 2.45) is 5.73 Å². The molecule has 1 fully saturated rings. The van der Waals surface area contributed by atoms with Crippen LogP contribution in [0.25, 0.3) is 0 Å². The molecule has 1 aliphatic rings. The van der Waals surface area contributed by atoms with Gasteiger partial charge in [-0.2, -0.15) is 0 Å². The van der Waals surface area contributed by atoms with E-state index in [1.807, 2.05) is 29.2 Å². The van der Waals surface area contributed by atoms with Crippen molar-refractivity contribution < 1.29 is 9.59 Å². The van der Waals surface area contributed by atoms with Crippen molar-refractivity contribution in [2.45, 2.75) is 58.2 Å². The first-order chi connectivity index (χ1) is 10.5. The van der Waals surface area contributed by atoms with E-state index >= 15 is 0 Å². The number of anilines is 1. The van der Waals surface area contributed by atoms with Crippen molar-refractivity contribution in [1.29, 1.82) is 0 Å². The second kappa shape index (κ2) is 7.40. The van der Waals surface area contributed by atoms with Crippen molar-refractivity contribution in [3.05, 3.63) is 29.8 Å². The molecule has 5 heteroatoms. The molecule has 0 aromatic heterocycles. The predicted molar refractivity (Wildman–Crippen MR) is 87.2 cm³/mol. The van der Waals surface area contributed by atoms with Crippen LogP contribution in [0.2, 0.25) is 0 Å². The predicted octanol–water partition coefficient (Wildman–Crippen LogP) is 2.26. The van der Waals surface area contributed by atoms with E-state index in [0.717, 1.165) is 36.9 Å². The lowest BCUT2D eigenvalue weighted by Crippen LogP contribution is -2.50. The number of carbonyl (C=O) groups excluding carboxylic acids is 2. The van der Waals surface area contributed by atoms with E-state index in [1.54, 1.807) is 6.92 Å². The Balaban J connectivity index is 2.07. The molecular weight excluding hydrogens is 278 g/mol. The second-order valence-electron chi connectivity index (χ2n) is 6.04. The number of rotatable bonds is 4. The summed E-state index contributed by atoms with van der Waals surface area (Å²) >= 11 is 0. The van der Waals surface area contributed by atoms with E-state index < -0.39 is 0 Å². The molecule has 0 radical (unpaired) electrons. The molecule has 1 aromatic rings. The quantitative estimate of drug-likeness (QED) is 0.896. The number of amides is 2. The number of nitrogens with two attached hydrogens (primary N) is 1. The maximum absolute atomic E-state index is 12.0. The zero-order valence-electron chi connectivity index (χ0n) is 13.3. The number of nitrogens with one attached hydrogen (secondary N) is 1. The molecule has 0 spiro atoms. The average molecular weight is 303 g/mol. The van der Waals surface area contributed by atoms with Crippen LogP contribution in [-0.2, 0) is 16.1 Å². The normalized spacial score (nSPS) is 21.2. The van der Waals surface area contributed by atoms with Gasteiger partial charge in [-0.25, -0.2) is 0 Å². The van der Waals surface area contributed by atoms with E-state index in [9.17, 15) is 9.59 Å². The standard InChI is InChI=1S/C17H25N3O2/c1-12(21)19-15-9-7-14(8-10-15)11-20(13(2)22)17-6-4-3-5-16(17)18/h7-10,16-17H,3-6,11,18H2,1-2H3,(H,19,21).